The molecule has 0 N–H and O–H groups in total. The van der Waals surface area contributed by atoms with Crippen molar-refractivity contribution in [1.82, 2.24) is 4.90 Å². The van der Waals surface area contributed by atoms with Gasteiger partial charge in [-0.25, -0.2) is 4.39 Å². The molecule has 6 heavy (non-hydrogen) atoms. The van der Waals surface area contributed by atoms with Gasteiger partial charge in [0, 0.05) is 13.0 Å². The maximum atomic E-state index is 11.8. The van der Waals surface area contributed by atoms with Crippen LogP contribution >= 0.6 is 0 Å². The third-order valence-electron chi connectivity index (χ3n) is 1.20. The Bertz CT molecular complexity index is 47.5. The Morgan fingerprint density at radius 2 is 2.33 bits per heavy atom. The highest BCUT2D eigenvalue weighted by Crippen LogP contribution is 2.13. The molecule has 0 aromatic rings. The van der Waals surface area contributed by atoms with E-state index in [4.69, 9.17) is 0 Å². The lowest BCUT2D eigenvalue weighted by atomic mass is 10.2. The Balaban J connectivity index is 2.20. The standard InChI is InChI=1S/C4H8FN/c1-6-3-2-4(6)5/h4H,2-3H2,1H3/t4-/m0/s1. The lowest BCUT2D eigenvalue weighted by Crippen LogP contribution is -2.40. The first-order valence-electron chi connectivity index (χ1n) is 2.15. The van der Waals surface area contributed by atoms with Crippen molar-refractivity contribution < 1.29 is 4.39 Å². The molecule has 1 aliphatic rings. The molecule has 2 heteroatoms. The molecule has 0 aromatic carbocycles. The van der Waals surface area contributed by atoms with Crippen molar-refractivity contribution >= 4 is 0 Å². The van der Waals surface area contributed by atoms with Crippen LogP contribution in [-0.4, -0.2) is 24.8 Å². The molecule has 1 fully saturated rings. The SMILES string of the molecule is CN1CC[C@H]1F. The van der Waals surface area contributed by atoms with E-state index >= 15 is 0 Å². The van der Waals surface area contributed by atoms with Crippen LogP contribution in [0.15, 0.2) is 0 Å². The largest absolute Gasteiger partial charge is 0.277 e. The molecular formula is C4H8FN. The zero-order valence-corrected chi connectivity index (χ0v) is 3.82. The minimum Gasteiger partial charge on any atom is -0.277 e. The van der Waals surface area contributed by atoms with Gasteiger partial charge in [0.15, 0.2) is 6.30 Å². The molecule has 0 unspecified atom stereocenters. The monoisotopic (exact) mass is 89.1 g/mol. The molecule has 1 heterocycles. The molecule has 0 spiro atoms. The summed E-state index contributed by atoms with van der Waals surface area (Å²) in [6, 6.07) is 0. The maximum absolute atomic E-state index is 11.8. The van der Waals surface area contributed by atoms with Crippen LogP contribution in [0.2, 0.25) is 0 Å². The molecule has 0 radical (unpaired) electrons. The van der Waals surface area contributed by atoms with E-state index in [2.05, 4.69) is 0 Å². The number of nitrogens with zero attached hydrogens (tertiary/aromatic N) is 1. The summed E-state index contributed by atoms with van der Waals surface area (Å²) in [5, 5.41) is 0. The van der Waals surface area contributed by atoms with Crippen molar-refractivity contribution in [1.29, 1.82) is 0 Å². The van der Waals surface area contributed by atoms with Crippen molar-refractivity contribution in [3.05, 3.63) is 0 Å². The Morgan fingerprint density at radius 3 is 2.33 bits per heavy atom. The average Bonchev–Trinajstić information content (AvgIpc) is 1.61. The second-order valence-corrected chi connectivity index (χ2v) is 1.70. The van der Waals surface area contributed by atoms with E-state index in [-0.39, 0.29) is 0 Å². The first-order valence-corrected chi connectivity index (χ1v) is 2.15. The van der Waals surface area contributed by atoms with Crippen molar-refractivity contribution in [2.45, 2.75) is 12.7 Å². The summed E-state index contributed by atoms with van der Waals surface area (Å²) in [5.74, 6) is 0. The molecule has 0 bridgehead atoms. The Hall–Kier alpha value is -0.110. The van der Waals surface area contributed by atoms with E-state index in [9.17, 15) is 4.39 Å². The van der Waals surface area contributed by atoms with Crippen LogP contribution in [0.4, 0.5) is 4.39 Å². The Labute approximate surface area is 36.8 Å². The molecular weight excluding hydrogens is 81.0 g/mol. The van der Waals surface area contributed by atoms with E-state index < -0.39 is 6.30 Å². The van der Waals surface area contributed by atoms with Gasteiger partial charge in [-0.3, -0.25) is 4.90 Å². The molecule has 1 aliphatic heterocycles. The van der Waals surface area contributed by atoms with Gasteiger partial charge in [-0.2, -0.15) is 0 Å². The highest BCUT2D eigenvalue weighted by Gasteiger charge is 2.21. The summed E-state index contributed by atoms with van der Waals surface area (Å²) in [6.07, 6.45) is 0.0984. The van der Waals surface area contributed by atoms with Gasteiger partial charge >= 0.3 is 0 Å². The fourth-order valence-corrected chi connectivity index (χ4v) is 0.485. The molecule has 1 rings (SSSR count). The summed E-state index contributed by atoms with van der Waals surface area (Å²) in [4.78, 5) is 1.68. The topological polar surface area (TPSA) is 3.24 Å². The maximum Gasteiger partial charge on any atom is 0.154 e. The number of alkyl halides is 1. The molecule has 0 amide bonds. The summed E-state index contributed by atoms with van der Waals surface area (Å²) in [6.45, 7) is 0.932. The van der Waals surface area contributed by atoms with E-state index in [0.717, 1.165) is 13.0 Å². The second kappa shape index (κ2) is 1.19. The normalized spacial score (nSPS) is 36.0. The predicted molar refractivity (Wildman–Crippen MR) is 22.1 cm³/mol. The first-order chi connectivity index (χ1) is 2.80. The van der Waals surface area contributed by atoms with E-state index in [1.165, 1.54) is 0 Å². The summed E-state index contributed by atoms with van der Waals surface area (Å²) >= 11 is 0. The van der Waals surface area contributed by atoms with Crippen LogP contribution in [0.5, 0.6) is 0 Å². The Kier molecular flexibility index (Phi) is 0.804. The minimum absolute atomic E-state index is 0.634. The number of rotatable bonds is 0. The molecule has 0 saturated carbocycles. The van der Waals surface area contributed by atoms with Gasteiger partial charge in [-0.1, -0.05) is 0 Å². The van der Waals surface area contributed by atoms with Crippen LogP contribution in [0.1, 0.15) is 6.42 Å². The number of likely N-dealkylation sites (tertiary alicyclic amines) is 1. The van der Waals surface area contributed by atoms with Crippen LogP contribution in [0.25, 0.3) is 0 Å². The molecule has 1 saturated heterocycles. The summed E-state index contributed by atoms with van der Waals surface area (Å²) < 4.78 is 11.8. The van der Waals surface area contributed by atoms with E-state index in [0.29, 0.717) is 0 Å². The van der Waals surface area contributed by atoms with Gasteiger partial charge in [-0.05, 0) is 7.05 Å². The minimum atomic E-state index is -0.634. The van der Waals surface area contributed by atoms with Crippen molar-refractivity contribution in [3.63, 3.8) is 0 Å². The molecule has 1 nitrogen and oxygen atoms in total. The van der Waals surface area contributed by atoms with Crippen molar-refractivity contribution in [3.8, 4) is 0 Å². The molecule has 0 aliphatic carbocycles. The van der Waals surface area contributed by atoms with Crippen LogP contribution in [0, 0.1) is 0 Å². The lowest BCUT2D eigenvalue weighted by Gasteiger charge is -2.30. The lowest BCUT2D eigenvalue weighted by molar-refractivity contribution is 0.0155. The van der Waals surface area contributed by atoms with Gasteiger partial charge in [0.1, 0.15) is 0 Å². The summed E-state index contributed by atoms with van der Waals surface area (Å²) in [7, 11) is 1.79. The van der Waals surface area contributed by atoms with Crippen LogP contribution in [0.3, 0.4) is 0 Å². The highest BCUT2D eigenvalue weighted by atomic mass is 19.1. The van der Waals surface area contributed by atoms with Crippen LogP contribution < -0.4 is 0 Å². The zero-order chi connectivity index (χ0) is 4.57. The van der Waals surface area contributed by atoms with Crippen LogP contribution in [-0.2, 0) is 0 Å². The smallest absolute Gasteiger partial charge is 0.154 e. The Morgan fingerprint density at radius 1 is 1.83 bits per heavy atom. The van der Waals surface area contributed by atoms with Crippen molar-refractivity contribution in [2.24, 2.45) is 0 Å². The number of halogens is 1. The predicted octanol–water partition coefficient (Wildman–Crippen LogP) is 0.618. The second-order valence-electron chi connectivity index (χ2n) is 1.70. The zero-order valence-electron chi connectivity index (χ0n) is 3.82. The van der Waals surface area contributed by atoms with Gasteiger partial charge < -0.3 is 0 Å². The van der Waals surface area contributed by atoms with Crippen molar-refractivity contribution in [2.75, 3.05) is 13.6 Å². The first kappa shape index (κ1) is 4.06. The molecule has 1 atom stereocenters. The van der Waals surface area contributed by atoms with Gasteiger partial charge in [0.05, 0.1) is 0 Å². The molecule has 36 valence electrons. The third-order valence-corrected chi connectivity index (χ3v) is 1.20. The quantitative estimate of drug-likeness (QED) is 0.393. The van der Waals surface area contributed by atoms with Gasteiger partial charge in [-0.15, -0.1) is 0 Å². The number of hydrogen-bond donors (Lipinski definition) is 0. The fraction of sp³-hybridized carbons (Fsp3) is 1.00. The number of hydrogen-bond acceptors (Lipinski definition) is 1. The molecule has 0 aromatic heterocycles. The third kappa shape index (κ3) is 0.411. The fourth-order valence-electron chi connectivity index (χ4n) is 0.485. The summed E-state index contributed by atoms with van der Waals surface area (Å²) in [5.41, 5.74) is 0. The van der Waals surface area contributed by atoms with E-state index in [1.54, 1.807) is 11.9 Å². The van der Waals surface area contributed by atoms with E-state index in [1.807, 2.05) is 0 Å². The highest BCUT2D eigenvalue weighted by molar-refractivity contribution is 4.68. The van der Waals surface area contributed by atoms with Gasteiger partial charge in [0.25, 0.3) is 0 Å². The van der Waals surface area contributed by atoms with Gasteiger partial charge in [0.2, 0.25) is 0 Å². The average molecular weight is 89.1 g/mol.